The Bertz CT molecular complexity index is 955. The van der Waals surface area contributed by atoms with E-state index < -0.39 is 53.0 Å². The summed E-state index contributed by atoms with van der Waals surface area (Å²) in [5, 5.41) is 30.6. The first-order chi connectivity index (χ1) is 16.1. The Morgan fingerprint density at radius 1 is 1.29 bits per heavy atom. The molecule has 0 spiro atoms. The molecule has 0 amide bonds. The second-order valence-electron chi connectivity index (χ2n) is 12.0. The number of carbonyl (C=O) groups excluding carboxylic acids is 2. The number of allylic oxidation sites excluding steroid dienone is 2. The normalized spacial score (nSPS) is 47.3. The molecule has 0 unspecified atom stereocenters. The van der Waals surface area contributed by atoms with Crippen LogP contribution in [0.25, 0.3) is 0 Å². The van der Waals surface area contributed by atoms with Crippen LogP contribution in [-0.2, 0) is 19.1 Å². The Balaban J connectivity index is 0.000000672. The number of hydrogen-bond acceptors (Lipinski definition) is 7. The number of hydrogen-bond donors (Lipinski definition) is 2. The molecule has 0 aromatic heterocycles. The van der Waals surface area contributed by atoms with Crippen LogP contribution in [0.1, 0.15) is 66.7 Å². The first kappa shape index (κ1) is 26.5. The monoisotopic (exact) mass is 493 g/mol. The number of rotatable bonds is 2. The molecule has 3 saturated carbocycles. The number of fused-ring (bicyclic) bond motifs is 7. The molecule has 196 valence electrons. The van der Waals surface area contributed by atoms with Crippen LogP contribution in [0, 0.1) is 28.6 Å². The predicted octanol–water partition coefficient (Wildman–Crippen LogP) is 2.38. The van der Waals surface area contributed by atoms with Crippen LogP contribution in [0.3, 0.4) is 0 Å². The maximum Gasteiger partial charge on any atom is 0.193 e. The molecule has 5 aliphatic rings. The summed E-state index contributed by atoms with van der Waals surface area (Å²) in [4.78, 5) is 25.2. The van der Waals surface area contributed by atoms with E-state index in [9.17, 15) is 24.9 Å². The molecular formula is C27H38FO7-. The zero-order valence-electron chi connectivity index (χ0n) is 21.3. The van der Waals surface area contributed by atoms with Gasteiger partial charge in [0.05, 0.1) is 12.2 Å². The van der Waals surface area contributed by atoms with Gasteiger partial charge in [0, 0.05) is 11.8 Å². The molecule has 7 nitrogen and oxygen atoms in total. The molecule has 2 N–H and O–H groups in total. The molecule has 1 aliphatic heterocycles. The lowest BCUT2D eigenvalue weighted by Crippen LogP contribution is -2.64. The molecule has 35 heavy (non-hydrogen) atoms. The second kappa shape index (κ2) is 8.47. The van der Waals surface area contributed by atoms with Gasteiger partial charge in [0.15, 0.2) is 23.0 Å². The van der Waals surface area contributed by atoms with Crippen LogP contribution in [0.15, 0.2) is 24.0 Å². The first-order valence-electron chi connectivity index (χ1n) is 12.5. The molecule has 0 radical (unpaired) electrons. The highest BCUT2D eigenvalue weighted by Gasteiger charge is 2.77. The van der Waals surface area contributed by atoms with Gasteiger partial charge >= 0.3 is 0 Å². The summed E-state index contributed by atoms with van der Waals surface area (Å²) in [7, 11) is 0. The standard InChI is InChI=1S/C24H33FO6.C3H6O/c1-21(2)30-19-9-14-13-8-16(25)15-7-12(27)5-6-22(15,3)20(13)17(28)10-23(14,4)24(19,31-21)18(29)11-26;1-3(2)4/h7,13-14,16-17,19-20,26,28H,5-6,8-11H2,1-4H3;4H,1H2,2H3/p-1/t13-,14-,16-,17-,19+,20+,22-,23-,24+;/m0./s1. The van der Waals surface area contributed by atoms with Gasteiger partial charge in [0.2, 0.25) is 0 Å². The Hall–Kier alpha value is -1.61. The van der Waals surface area contributed by atoms with Crippen molar-refractivity contribution in [2.24, 2.45) is 28.6 Å². The van der Waals surface area contributed by atoms with Crippen molar-refractivity contribution in [3.8, 4) is 0 Å². The molecule has 9 atom stereocenters. The van der Waals surface area contributed by atoms with E-state index in [0.717, 1.165) is 0 Å². The molecule has 5 rings (SSSR count). The van der Waals surface area contributed by atoms with Gasteiger partial charge in [-0.3, -0.25) is 9.59 Å². The Labute approximate surface area is 206 Å². The lowest BCUT2D eigenvalue weighted by molar-refractivity contribution is -0.300. The smallest absolute Gasteiger partial charge is 0.193 e. The number of halogens is 1. The second-order valence-corrected chi connectivity index (χ2v) is 12.0. The van der Waals surface area contributed by atoms with E-state index in [1.165, 1.54) is 13.0 Å². The number of Topliss-reactive ketones (excluding diaryl/α,β-unsaturated/α-hetero) is 1. The van der Waals surface area contributed by atoms with Crippen LogP contribution >= 0.6 is 0 Å². The number of aliphatic hydroxyl groups excluding tert-OH is 2. The fourth-order valence-corrected chi connectivity index (χ4v) is 8.41. The van der Waals surface area contributed by atoms with Crippen LogP contribution < -0.4 is 5.11 Å². The van der Waals surface area contributed by atoms with Gasteiger partial charge in [0.25, 0.3) is 0 Å². The minimum atomic E-state index is -1.35. The quantitative estimate of drug-likeness (QED) is 0.568. The van der Waals surface area contributed by atoms with Gasteiger partial charge in [0.1, 0.15) is 12.8 Å². The van der Waals surface area contributed by atoms with E-state index in [1.54, 1.807) is 13.8 Å². The SMILES string of the molecule is C=C(C)[O-].CC1(C)O[C@@H]2C[C@H]3[C@@H]4C[C@H](F)C5=CC(=O)CC[C@]5(C)[C@H]4[C@@H](O)C[C@]3(C)[C@]2(C(=O)CO)O1. The minimum absolute atomic E-state index is 0.0457. The molecule has 1 saturated heterocycles. The van der Waals surface area contributed by atoms with E-state index in [1.807, 2.05) is 13.8 Å². The topological polar surface area (TPSA) is 116 Å². The summed E-state index contributed by atoms with van der Waals surface area (Å²) in [5.41, 5.74) is -2.19. The van der Waals surface area contributed by atoms with Gasteiger partial charge in [-0.1, -0.05) is 20.8 Å². The molecule has 1 heterocycles. The molecule has 4 aliphatic carbocycles. The molecule has 0 bridgehead atoms. The first-order valence-corrected chi connectivity index (χ1v) is 12.5. The highest BCUT2D eigenvalue weighted by Crippen LogP contribution is 2.70. The fraction of sp³-hybridized carbons (Fsp3) is 0.778. The highest BCUT2D eigenvalue weighted by atomic mass is 19.1. The number of ether oxygens (including phenoxy) is 2. The fourth-order valence-electron chi connectivity index (χ4n) is 8.41. The van der Waals surface area contributed by atoms with Crippen molar-refractivity contribution in [3.05, 3.63) is 24.0 Å². The molecule has 4 fully saturated rings. The third kappa shape index (κ3) is 3.74. The third-order valence-electron chi connectivity index (χ3n) is 9.42. The molecule has 0 aromatic carbocycles. The average Bonchev–Trinajstić information content (AvgIpc) is 3.14. The van der Waals surface area contributed by atoms with E-state index in [4.69, 9.17) is 9.47 Å². The Morgan fingerprint density at radius 3 is 2.51 bits per heavy atom. The molecular weight excluding hydrogens is 455 g/mol. The zero-order valence-corrected chi connectivity index (χ0v) is 21.3. The van der Waals surface area contributed by atoms with Crippen LogP contribution in [-0.4, -0.2) is 58.2 Å². The van der Waals surface area contributed by atoms with Crippen molar-refractivity contribution >= 4 is 11.6 Å². The minimum Gasteiger partial charge on any atom is -0.876 e. The average molecular weight is 494 g/mol. The highest BCUT2D eigenvalue weighted by molar-refractivity contribution is 5.92. The Morgan fingerprint density at radius 2 is 1.91 bits per heavy atom. The van der Waals surface area contributed by atoms with Crippen LogP contribution in [0.2, 0.25) is 0 Å². The van der Waals surface area contributed by atoms with Crippen molar-refractivity contribution in [2.45, 2.75) is 96.5 Å². The Kier molecular flexibility index (Phi) is 6.40. The third-order valence-corrected chi connectivity index (χ3v) is 9.42. The number of aliphatic hydroxyl groups is 2. The maximum absolute atomic E-state index is 15.5. The molecule has 8 heteroatoms. The van der Waals surface area contributed by atoms with Gasteiger partial charge in [-0.25, -0.2) is 4.39 Å². The van der Waals surface area contributed by atoms with Gasteiger partial charge in [-0.05, 0) is 74.3 Å². The summed E-state index contributed by atoms with van der Waals surface area (Å²) in [6.45, 7) is 11.2. The predicted molar refractivity (Wildman–Crippen MR) is 123 cm³/mol. The lowest BCUT2D eigenvalue weighted by atomic mass is 9.45. The van der Waals surface area contributed by atoms with Crippen LogP contribution in [0.5, 0.6) is 0 Å². The van der Waals surface area contributed by atoms with Crippen LogP contribution in [0.4, 0.5) is 4.39 Å². The number of alkyl halides is 1. The van der Waals surface area contributed by atoms with Crippen molar-refractivity contribution in [1.29, 1.82) is 0 Å². The molecule has 0 aromatic rings. The number of carbonyl (C=O) groups is 2. The van der Waals surface area contributed by atoms with Gasteiger partial charge in [-0.15, -0.1) is 12.3 Å². The maximum atomic E-state index is 15.5. The summed E-state index contributed by atoms with van der Waals surface area (Å²) >= 11 is 0. The van der Waals surface area contributed by atoms with Crippen molar-refractivity contribution in [3.63, 3.8) is 0 Å². The summed E-state index contributed by atoms with van der Waals surface area (Å²) in [6, 6.07) is 0. The van der Waals surface area contributed by atoms with E-state index >= 15 is 4.39 Å². The van der Waals surface area contributed by atoms with Gasteiger partial charge < -0.3 is 24.8 Å². The van der Waals surface area contributed by atoms with Crippen molar-refractivity contribution in [2.75, 3.05) is 6.61 Å². The summed E-state index contributed by atoms with van der Waals surface area (Å²) in [5.74, 6) is -1.98. The number of ketones is 2. The van der Waals surface area contributed by atoms with Crippen molar-refractivity contribution in [1.82, 2.24) is 0 Å². The van der Waals surface area contributed by atoms with Gasteiger partial charge in [-0.2, -0.15) is 0 Å². The lowest BCUT2D eigenvalue weighted by Gasteiger charge is -2.61. The summed E-state index contributed by atoms with van der Waals surface area (Å²) < 4.78 is 27.9. The largest absolute Gasteiger partial charge is 0.876 e. The van der Waals surface area contributed by atoms with Crippen molar-refractivity contribution < 1.29 is 38.8 Å². The summed E-state index contributed by atoms with van der Waals surface area (Å²) in [6.07, 6.45) is 0.872. The zero-order chi connectivity index (χ0) is 26.1. The van der Waals surface area contributed by atoms with E-state index in [0.29, 0.717) is 31.3 Å². The van der Waals surface area contributed by atoms with E-state index in [2.05, 4.69) is 6.58 Å². The van der Waals surface area contributed by atoms with E-state index in [-0.39, 0.29) is 35.7 Å².